The van der Waals surface area contributed by atoms with Gasteiger partial charge in [0.05, 0.1) is 11.6 Å². The third kappa shape index (κ3) is 3.54. The molecule has 156 valence electrons. The number of oxazole rings is 1. The highest BCUT2D eigenvalue weighted by molar-refractivity contribution is 5.96. The summed E-state index contributed by atoms with van der Waals surface area (Å²) in [6.45, 7) is 2.53. The Morgan fingerprint density at radius 1 is 1.33 bits per heavy atom. The van der Waals surface area contributed by atoms with E-state index >= 15 is 0 Å². The molecule has 0 spiro atoms. The third-order valence-corrected chi connectivity index (χ3v) is 5.34. The first-order chi connectivity index (χ1) is 14.3. The number of fused-ring (bicyclic) bond motifs is 1. The molecule has 0 aliphatic carbocycles. The van der Waals surface area contributed by atoms with Crippen LogP contribution in [0.3, 0.4) is 0 Å². The maximum absolute atomic E-state index is 13.0. The second-order valence-electron chi connectivity index (χ2n) is 7.32. The summed E-state index contributed by atoms with van der Waals surface area (Å²) in [5.41, 5.74) is 1.51. The van der Waals surface area contributed by atoms with E-state index in [2.05, 4.69) is 11.1 Å². The van der Waals surface area contributed by atoms with Crippen molar-refractivity contribution in [3.05, 3.63) is 47.6 Å². The zero-order chi connectivity index (χ0) is 21.5. The third-order valence-electron chi connectivity index (χ3n) is 5.34. The van der Waals surface area contributed by atoms with Gasteiger partial charge in [0, 0.05) is 24.5 Å². The van der Waals surface area contributed by atoms with Gasteiger partial charge < -0.3 is 9.32 Å². The molecule has 30 heavy (non-hydrogen) atoms. The molecule has 1 atom stereocenters. The molecule has 9 heteroatoms. The molecule has 1 fully saturated rings. The number of rotatable bonds is 4. The smallest absolute Gasteiger partial charge is 0.425 e. The van der Waals surface area contributed by atoms with E-state index in [1.165, 1.54) is 12.3 Å². The number of nitriles is 1. The first-order valence-corrected chi connectivity index (χ1v) is 9.62. The standard InChI is InChI=1S/C21H19F3N4O2/c1-13-19(27-10-4-5-15(27)11-25)30-18(26-13)9-8-14-12-28(20(29)21(22,23)24)17-7-3-2-6-16(14)17/h2-3,6-7,12,15H,4-5,8-10H2,1H3. The van der Waals surface area contributed by atoms with Crippen LogP contribution in [0.15, 0.2) is 34.9 Å². The minimum atomic E-state index is -4.96. The lowest BCUT2D eigenvalue weighted by Crippen LogP contribution is -2.28. The van der Waals surface area contributed by atoms with Crippen LogP contribution in [0.4, 0.5) is 19.1 Å². The van der Waals surface area contributed by atoms with Gasteiger partial charge in [0.1, 0.15) is 11.7 Å². The molecule has 0 saturated carbocycles. The lowest BCUT2D eigenvalue weighted by Gasteiger charge is -2.18. The van der Waals surface area contributed by atoms with Gasteiger partial charge in [-0.15, -0.1) is 0 Å². The van der Waals surface area contributed by atoms with Crippen LogP contribution in [0.5, 0.6) is 0 Å². The number of halogens is 3. The van der Waals surface area contributed by atoms with Gasteiger partial charge in [-0.2, -0.15) is 18.4 Å². The lowest BCUT2D eigenvalue weighted by atomic mass is 10.1. The predicted molar refractivity (Wildman–Crippen MR) is 103 cm³/mol. The van der Waals surface area contributed by atoms with E-state index in [9.17, 15) is 23.2 Å². The van der Waals surface area contributed by atoms with Crippen molar-refractivity contribution in [1.82, 2.24) is 9.55 Å². The van der Waals surface area contributed by atoms with Crippen molar-refractivity contribution in [3.63, 3.8) is 0 Å². The van der Waals surface area contributed by atoms with Gasteiger partial charge in [0.15, 0.2) is 5.89 Å². The topological polar surface area (TPSA) is 75.1 Å². The van der Waals surface area contributed by atoms with E-state index in [4.69, 9.17) is 4.42 Å². The largest absolute Gasteiger partial charge is 0.472 e. The van der Waals surface area contributed by atoms with Crippen LogP contribution in [-0.2, 0) is 12.8 Å². The zero-order valence-electron chi connectivity index (χ0n) is 16.2. The molecule has 1 aliphatic heterocycles. The van der Waals surface area contributed by atoms with Gasteiger partial charge in [-0.25, -0.2) is 4.98 Å². The molecule has 0 radical (unpaired) electrons. The lowest BCUT2D eigenvalue weighted by molar-refractivity contribution is -0.0943. The van der Waals surface area contributed by atoms with Crippen molar-refractivity contribution >= 4 is 22.7 Å². The van der Waals surface area contributed by atoms with Gasteiger partial charge in [-0.1, -0.05) is 18.2 Å². The minimum absolute atomic E-state index is 0.216. The molecule has 1 saturated heterocycles. The monoisotopic (exact) mass is 416 g/mol. The van der Waals surface area contributed by atoms with Crippen molar-refractivity contribution < 1.29 is 22.4 Å². The Hall–Kier alpha value is -3.28. The summed E-state index contributed by atoms with van der Waals surface area (Å²) in [5.74, 6) is -0.899. The molecule has 2 aromatic heterocycles. The molecular weight excluding hydrogens is 397 g/mol. The summed E-state index contributed by atoms with van der Waals surface area (Å²) in [4.78, 5) is 18.1. The van der Waals surface area contributed by atoms with Crippen molar-refractivity contribution in [2.75, 3.05) is 11.4 Å². The molecule has 1 aromatic carbocycles. The van der Waals surface area contributed by atoms with Crippen LogP contribution in [-0.4, -0.2) is 34.2 Å². The number of hydrogen-bond donors (Lipinski definition) is 0. The second-order valence-corrected chi connectivity index (χ2v) is 7.32. The van der Waals surface area contributed by atoms with E-state index in [1.54, 1.807) is 18.2 Å². The Balaban J connectivity index is 1.59. The predicted octanol–water partition coefficient (Wildman–Crippen LogP) is 4.42. The Morgan fingerprint density at radius 2 is 2.10 bits per heavy atom. The number of para-hydroxylation sites is 1. The zero-order valence-corrected chi connectivity index (χ0v) is 16.2. The van der Waals surface area contributed by atoms with E-state index in [0.29, 0.717) is 45.8 Å². The van der Waals surface area contributed by atoms with E-state index in [1.807, 2.05) is 11.8 Å². The number of carbonyl (C=O) groups excluding carboxylic acids is 1. The average molecular weight is 416 g/mol. The molecule has 0 bridgehead atoms. The van der Waals surface area contributed by atoms with Crippen LogP contribution < -0.4 is 4.90 Å². The maximum Gasteiger partial charge on any atom is 0.472 e. The Labute approximate surface area is 170 Å². The van der Waals surface area contributed by atoms with Crippen molar-refractivity contribution in [1.29, 1.82) is 5.26 Å². The van der Waals surface area contributed by atoms with Gasteiger partial charge >= 0.3 is 12.1 Å². The fourth-order valence-corrected chi connectivity index (χ4v) is 3.96. The Kier molecular flexibility index (Phi) is 5.02. The van der Waals surface area contributed by atoms with Crippen molar-refractivity contribution in [2.24, 2.45) is 0 Å². The molecular formula is C21H19F3N4O2. The van der Waals surface area contributed by atoms with Crippen LogP contribution in [0.2, 0.25) is 0 Å². The second kappa shape index (κ2) is 7.52. The normalized spacial score (nSPS) is 16.9. The summed E-state index contributed by atoms with van der Waals surface area (Å²) in [6.07, 6.45) is -1.32. The first-order valence-electron chi connectivity index (χ1n) is 9.62. The van der Waals surface area contributed by atoms with Gasteiger partial charge in [-0.05, 0) is 37.8 Å². The molecule has 0 amide bonds. The van der Waals surface area contributed by atoms with Gasteiger partial charge in [0.25, 0.3) is 0 Å². The number of hydrogen-bond acceptors (Lipinski definition) is 5. The fraction of sp³-hybridized carbons (Fsp3) is 0.381. The highest BCUT2D eigenvalue weighted by Crippen LogP contribution is 2.30. The number of nitrogens with zero attached hydrogens (tertiary/aromatic N) is 4. The molecule has 3 aromatic rings. The molecule has 6 nitrogen and oxygen atoms in total. The highest BCUT2D eigenvalue weighted by atomic mass is 19.4. The highest BCUT2D eigenvalue weighted by Gasteiger charge is 2.40. The average Bonchev–Trinajstić information content (AvgIpc) is 3.41. The summed E-state index contributed by atoms with van der Waals surface area (Å²) < 4.78 is 45.4. The number of alkyl halides is 3. The van der Waals surface area contributed by atoms with Crippen LogP contribution in [0.25, 0.3) is 10.9 Å². The number of carbonyl (C=O) groups is 1. The number of benzene rings is 1. The summed E-state index contributed by atoms with van der Waals surface area (Å²) >= 11 is 0. The van der Waals surface area contributed by atoms with Crippen molar-refractivity contribution in [2.45, 2.75) is 44.8 Å². The van der Waals surface area contributed by atoms with Gasteiger partial charge in [0.2, 0.25) is 5.88 Å². The minimum Gasteiger partial charge on any atom is -0.425 e. The molecule has 1 aliphatic rings. The Morgan fingerprint density at radius 3 is 2.83 bits per heavy atom. The fourth-order valence-electron chi connectivity index (χ4n) is 3.96. The summed E-state index contributed by atoms with van der Waals surface area (Å²) in [7, 11) is 0. The van der Waals surface area contributed by atoms with E-state index in [0.717, 1.165) is 19.4 Å². The van der Waals surface area contributed by atoms with Crippen LogP contribution in [0, 0.1) is 18.3 Å². The molecule has 4 rings (SSSR count). The van der Waals surface area contributed by atoms with Crippen LogP contribution >= 0.6 is 0 Å². The van der Waals surface area contributed by atoms with Gasteiger partial charge in [-0.3, -0.25) is 9.36 Å². The summed E-state index contributed by atoms with van der Waals surface area (Å²) in [5, 5.41) is 9.87. The van der Waals surface area contributed by atoms with Crippen molar-refractivity contribution in [3.8, 4) is 6.07 Å². The molecule has 0 N–H and O–H groups in total. The maximum atomic E-state index is 13.0. The number of anilines is 1. The number of aryl methyl sites for hydroxylation is 3. The first kappa shape index (κ1) is 20.0. The number of aromatic nitrogens is 2. The van der Waals surface area contributed by atoms with E-state index in [-0.39, 0.29) is 11.6 Å². The van der Waals surface area contributed by atoms with E-state index < -0.39 is 12.1 Å². The SMILES string of the molecule is Cc1nc(CCc2cn(C(=O)C(F)(F)F)c3ccccc23)oc1N1CCCC1C#N. The summed E-state index contributed by atoms with van der Waals surface area (Å²) in [6, 6.07) is 8.52. The molecule has 3 heterocycles. The Bertz CT molecular complexity index is 1140. The van der Waals surface area contributed by atoms with Crippen LogP contribution in [0.1, 0.15) is 34.8 Å². The molecule has 1 unspecified atom stereocenters. The quantitative estimate of drug-likeness (QED) is 0.630.